The monoisotopic (exact) mass is 309 g/mol. The molecule has 0 bridgehead atoms. The van der Waals surface area contributed by atoms with Gasteiger partial charge in [-0.3, -0.25) is 10.1 Å². The van der Waals surface area contributed by atoms with E-state index in [9.17, 15) is 10.1 Å². The van der Waals surface area contributed by atoms with E-state index in [-0.39, 0.29) is 5.69 Å². The first kappa shape index (κ1) is 14.8. The average Bonchev–Trinajstić information content (AvgIpc) is 2.96. The number of benzene rings is 2. The van der Waals surface area contributed by atoms with E-state index >= 15 is 0 Å². The lowest BCUT2D eigenvalue weighted by Crippen LogP contribution is -1.93. The molecule has 0 aliphatic heterocycles. The van der Waals surface area contributed by atoms with Crippen LogP contribution in [0.5, 0.6) is 11.5 Å². The van der Waals surface area contributed by atoms with Crippen molar-refractivity contribution in [2.45, 2.75) is 0 Å². The molecule has 3 rings (SSSR count). The van der Waals surface area contributed by atoms with Crippen molar-refractivity contribution in [1.29, 1.82) is 0 Å². The molecule has 0 aromatic heterocycles. The molecule has 0 unspecified atom stereocenters. The maximum absolute atomic E-state index is 10.7. The second-order valence-electron chi connectivity index (χ2n) is 5.08. The number of nitrogens with zero attached hydrogens (tertiary/aromatic N) is 1. The van der Waals surface area contributed by atoms with E-state index in [1.807, 2.05) is 30.4 Å². The van der Waals surface area contributed by atoms with Gasteiger partial charge in [-0.15, -0.1) is 0 Å². The van der Waals surface area contributed by atoms with Crippen molar-refractivity contribution in [3.05, 3.63) is 69.3 Å². The van der Waals surface area contributed by atoms with Gasteiger partial charge in [-0.05, 0) is 52.6 Å². The molecule has 1 aliphatic rings. The van der Waals surface area contributed by atoms with E-state index in [0.29, 0.717) is 11.5 Å². The molecule has 0 fully saturated rings. The smallest absolute Gasteiger partial charge is 0.269 e. The van der Waals surface area contributed by atoms with E-state index < -0.39 is 4.92 Å². The zero-order valence-corrected chi connectivity index (χ0v) is 12.8. The van der Waals surface area contributed by atoms with Gasteiger partial charge in [0.2, 0.25) is 0 Å². The molecule has 5 nitrogen and oxygen atoms in total. The minimum absolute atomic E-state index is 0.0842. The Morgan fingerprint density at radius 2 is 1.65 bits per heavy atom. The molecule has 2 aromatic rings. The first-order valence-electron chi connectivity index (χ1n) is 7.03. The van der Waals surface area contributed by atoms with E-state index in [1.165, 1.54) is 12.1 Å². The first-order chi connectivity index (χ1) is 11.1. The van der Waals surface area contributed by atoms with Crippen LogP contribution in [0, 0.1) is 10.1 Å². The predicted molar refractivity (Wildman–Crippen MR) is 89.5 cm³/mol. The van der Waals surface area contributed by atoms with Crippen molar-refractivity contribution in [1.82, 2.24) is 0 Å². The Hall–Kier alpha value is -3.08. The maximum atomic E-state index is 10.7. The number of non-ortho nitro benzene ring substituents is 1. The second-order valence-corrected chi connectivity index (χ2v) is 5.08. The number of allylic oxidation sites excluding steroid dienone is 2. The van der Waals surface area contributed by atoms with Gasteiger partial charge in [0.1, 0.15) is 0 Å². The Balaban J connectivity index is 1.98. The van der Waals surface area contributed by atoms with Crippen LogP contribution in [0.2, 0.25) is 0 Å². The molecular formula is C18H15NO4. The number of rotatable bonds is 4. The summed E-state index contributed by atoms with van der Waals surface area (Å²) >= 11 is 0. The normalized spacial score (nSPS) is 13.9. The number of hydrogen-bond acceptors (Lipinski definition) is 4. The van der Waals surface area contributed by atoms with E-state index in [4.69, 9.17) is 9.47 Å². The van der Waals surface area contributed by atoms with Crippen LogP contribution >= 0.6 is 0 Å². The molecule has 0 atom stereocenters. The zero-order valence-electron chi connectivity index (χ0n) is 12.8. The number of methoxy groups -OCH3 is 2. The Kier molecular flexibility index (Phi) is 3.85. The Morgan fingerprint density at radius 1 is 1.00 bits per heavy atom. The molecule has 1 aliphatic carbocycles. The van der Waals surface area contributed by atoms with Crippen molar-refractivity contribution in [2.75, 3.05) is 14.2 Å². The van der Waals surface area contributed by atoms with Gasteiger partial charge in [0, 0.05) is 12.1 Å². The Morgan fingerprint density at radius 3 is 2.26 bits per heavy atom. The van der Waals surface area contributed by atoms with Crippen LogP contribution in [-0.4, -0.2) is 19.1 Å². The number of nitro benzene ring substituents is 1. The Labute approximate surface area is 133 Å². The highest BCUT2D eigenvalue weighted by Crippen LogP contribution is 2.39. The summed E-state index contributed by atoms with van der Waals surface area (Å²) in [5, 5.41) is 10.7. The molecule has 0 saturated heterocycles. The lowest BCUT2D eigenvalue weighted by molar-refractivity contribution is -0.384. The third-order valence-electron chi connectivity index (χ3n) is 3.74. The van der Waals surface area contributed by atoms with Crippen molar-refractivity contribution in [3.8, 4) is 11.5 Å². The number of hydrogen-bond donors (Lipinski definition) is 0. The number of ether oxygens (including phenoxy) is 2. The summed E-state index contributed by atoms with van der Waals surface area (Å²) in [6, 6.07) is 10.3. The van der Waals surface area contributed by atoms with E-state index in [2.05, 4.69) is 0 Å². The largest absolute Gasteiger partial charge is 0.493 e. The minimum Gasteiger partial charge on any atom is -0.493 e. The summed E-state index contributed by atoms with van der Waals surface area (Å²) in [6.07, 6.45) is 6.00. The fraction of sp³-hybridized carbons (Fsp3) is 0.111. The topological polar surface area (TPSA) is 61.6 Å². The zero-order chi connectivity index (χ0) is 16.4. The fourth-order valence-electron chi connectivity index (χ4n) is 2.55. The quantitative estimate of drug-likeness (QED) is 0.628. The van der Waals surface area contributed by atoms with Gasteiger partial charge in [0.05, 0.1) is 19.1 Å². The van der Waals surface area contributed by atoms with Gasteiger partial charge in [-0.25, -0.2) is 0 Å². The SMILES string of the molecule is COc1cc2c(cc1OC)/C(=C/c1ccc([N+](=O)[O-])cc1)C=C2. The van der Waals surface area contributed by atoms with Gasteiger partial charge in [-0.1, -0.05) is 12.2 Å². The highest BCUT2D eigenvalue weighted by molar-refractivity contribution is 5.98. The minimum atomic E-state index is -0.404. The van der Waals surface area contributed by atoms with E-state index in [0.717, 1.165) is 22.3 Å². The third kappa shape index (κ3) is 2.81. The highest BCUT2D eigenvalue weighted by atomic mass is 16.6. The van der Waals surface area contributed by atoms with Gasteiger partial charge >= 0.3 is 0 Å². The summed E-state index contributed by atoms with van der Waals surface area (Å²) in [5.41, 5.74) is 4.10. The van der Waals surface area contributed by atoms with Crippen LogP contribution < -0.4 is 9.47 Å². The summed E-state index contributed by atoms with van der Waals surface area (Å²) in [5.74, 6) is 1.36. The summed E-state index contributed by atoms with van der Waals surface area (Å²) in [4.78, 5) is 10.3. The van der Waals surface area contributed by atoms with Crippen molar-refractivity contribution in [3.63, 3.8) is 0 Å². The Bertz CT molecular complexity index is 820. The second kappa shape index (κ2) is 5.96. The van der Waals surface area contributed by atoms with Crippen LogP contribution in [0.25, 0.3) is 17.7 Å². The van der Waals surface area contributed by atoms with Crippen molar-refractivity contribution >= 4 is 23.4 Å². The van der Waals surface area contributed by atoms with Gasteiger partial charge in [0.15, 0.2) is 11.5 Å². The van der Waals surface area contributed by atoms with E-state index in [1.54, 1.807) is 26.4 Å². The molecule has 23 heavy (non-hydrogen) atoms. The molecule has 0 amide bonds. The molecule has 0 saturated carbocycles. The standard InChI is InChI=1S/C18H15NO4/c1-22-17-10-14-6-5-13(16(14)11-18(17)23-2)9-12-3-7-15(8-4-12)19(20)21/h3-11H,1-2H3/b13-9+. The van der Waals surface area contributed by atoms with Crippen LogP contribution in [0.1, 0.15) is 16.7 Å². The van der Waals surface area contributed by atoms with Crippen LogP contribution in [0.3, 0.4) is 0 Å². The lowest BCUT2D eigenvalue weighted by Gasteiger charge is -2.10. The predicted octanol–water partition coefficient (Wildman–Crippen LogP) is 4.18. The van der Waals surface area contributed by atoms with Gasteiger partial charge < -0.3 is 9.47 Å². The fourth-order valence-corrected chi connectivity index (χ4v) is 2.55. The molecule has 116 valence electrons. The van der Waals surface area contributed by atoms with Gasteiger partial charge in [-0.2, -0.15) is 0 Å². The third-order valence-corrected chi connectivity index (χ3v) is 3.74. The molecule has 0 N–H and O–H groups in total. The molecule has 0 heterocycles. The van der Waals surface area contributed by atoms with Crippen LogP contribution in [0.4, 0.5) is 5.69 Å². The highest BCUT2D eigenvalue weighted by Gasteiger charge is 2.16. The number of fused-ring (bicyclic) bond motifs is 1. The first-order valence-corrected chi connectivity index (χ1v) is 7.03. The maximum Gasteiger partial charge on any atom is 0.269 e. The summed E-state index contributed by atoms with van der Waals surface area (Å²) in [7, 11) is 3.21. The molecule has 2 aromatic carbocycles. The molecular weight excluding hydrogens is 294 g/mol. The van der Waals surface area contributed by atoms with Crippen molar-refractivity contribution < 1.29 is 14.4 Å². The molecule has 0 radical (unpaired) electrons. The molecule has 0 spiro atoms. The summed E-state index contributed by atoms with van der Waals surface area (Å²) in [6.45, 7) is 0. The number of nitro groups is 1. The molecule has 5 heteroatoms. The average molecular weight is 309 g/mol. The lowest BCUT2D eigenvalue weighted by atomic mass is 10.0. The van der Waals surface area contributed by atoms with Crippen LogP contribution in [0.15, 0.2) is 42.5 Å². The summed E-state index contributed by atoms with van der Waals surface area (Å²) < 4.78 is 10.7. The van der Waals surface area contributed by atoms with Crippen molar-refractivity contribution in [2.24, 2.45) is 0 Å². The van der Waals surface area contributed by atoms with Crippen LogP contribution in [-0.2, 0) is 0 Å². The van der Waals surface area contributed by atoms with Gasteiger partial charge in [0.25, 0.3) is 5.69 Å².